The lowest BCUT2D eigenvalue weighted by Gasteiger charge is -2.28. The van der Waals surface area contributed by atoms with E-state index in [1.54, 1.807) is 0 Å². The number of aromatic nitrogens is 4. The zero-order chi connectivity index (χ0) is 72.2. The smallest absolute Gasteiger partial charge is 0.104 e. The summed E-state index contributed by atoms with van der Waals surface area (Å²) >= 11 is 0. The van der Waals surface area contributed by atoms with Crippen LogP contribution >= 0.6 is 0 Å². The van der Waals surface area contributed by atoms with Crippen molar-refractivity contribution in [2.45, 2.75) is 6.92 Å². The molecule has 4 aromatic heterocycles. The molecule has 5 nitrogen and oxygen atoms in total. The lowest BCUT2D eigenvalue weighted by Crippen LogP contribution is -2.16. The third-order valence-electron chi connectivity index (χ3n) is 22.6. The molecule has 0 spiro atoms. The Morgan fingerprint density at radius 3 is 0.468 bits per heavy atom. The zero-order valence-electron chi connectivity index (χ0n) is 59.7. The van der Waals surface area contributed by atoms with Crippen LogP contribution in [0.1, 0.15) is 11.1 Å². The van der Waals surface area contributed by atoms with E-state index in [1.165, 1.54) is 0 Å². The van der Waals surface area contributed by atoms with Gasteiger partial charge in [-0.25, -0.2) is 0 Å². The molecule has 0 radical (unpaired) electrons. The topological polar surface area (TPSA) is 43.5 Å². The summed E-state index contributed by atoms with van der Waals surface area (Å²) in [5.41, 5.74) is 30.5. The SMILES string of the molecule is Cc1c(-n2c3ccc(-c4ccccc4)cc3c3cc(-c4ccccc4)ccc32)c(-n2c3ccc(-c4ccccc4)cc3c3cc(-c4ccccc4)ccc32)c(C#N)c(-n2c3ccc(-c4ccccc4)cc3c3cc(-c4ccccc4)ccc32)c1-n1c2ccc(-c3ccccc3)cc2c2cc(-c3ccccc3)ccc21. The van der Waals surface area contributed by atoms with Crippen molar-refractivity contribution in [2.24, 2.45) is 0 Å². The Balaban J connectivity index is 0.993. The van der Waals surface area contributed by atoms with E-state index < -0.39 is 0 Å². The van der Waals surface area contributed by atoms with Gasteiger partial charge in [-0.15, -0.1) is 0 Å². The number of rotatable bonds is 12. The molecule has 0 saturated carbocycles. The fourth-order valence-electron chi connectivity index (χ4n) is 17.4. The summed E-state index contributed by atoms with van der Waals surface area (Å²) < 4.78 is 9.94. The normalized spacial score (nSPS) is 11.7. The van der Waals surface area contributed by atoms with Crippen LogP contribution in [0.4, 0.5) is 0 Å². The van der Waals surface area contributed by atoms with Crippen molar-refractivity contribution in [1.82, 2.24) is 18.3 Å². The van der Waals surface area contributed by atoms with Crippen LogP contribution in [0.2, 0.25) is 0 Å². The van der Waals surface area contributed by atoms with Gasteiger partial charge in [-0.1, -0.05) is 291 Å². The van der Waals surface area contributed by atoms with Crippen LogP contribution in [0, 0.1) is 18.3 Å². The Kier molecular flexibility index (Phi) is 14.8. The minimum absolute atomic E-state index is 0.500. The maximum atomic E-state index is 13.7. The van der Waals surface area contributed by atoms with E-state index in [0.29, 0.717) is 5.56 Å². The highest BCUT2D eigenvalue weighted by Gasteiger charge is 2.34. The van der Waals surface area contributed by atoms with Crippen molar-refractivity contribution in [2.75, 3.05) is 0 Å². The standard InChI is InChI=1S/C104H67N5/c1-67-101(106-93-50-42-76(68-26-10-2-11-27-68)58-84(93)85-59-77(43-51-94(85)106)69-28-12-3-13-29-69)103(108-97-54-46-80(72-34-18-6-19-35-72)62-88(97)89-63-81(47-55-98(89)108)73-36-20-7-21-37-73)92(66-105)104(109-99-56-48-82(74-38-22-8-23-39-74)64-90(99)91-65-83(49-57-100(91)109)75-40-24-9-25-41-75)102(67)107-95-52-44-78(70-30-14-4-15-31-70)60-86(95)87-61-79(45-53-96(87)107)71-32-16-5-17-33-71/h2-65H,1H3. The molecule has 0 unspecified atom stereocenters. The summed E-state index contributed by atoms with van der Waals surface area (Å²) in [6.45, 7) is 2.34. The number of fused-ring (bicyclic) bond motifs is 12. The third kappa shape index (κ3) is 10.3. The Bertz CT molecular complexity index is 6420. The lowest BCUT2D eigenvalue weighted by atomic mass is 9.98. The van der Waals surface area contributed by atoms with Gasteiger partial charge in [-0.2, -0.15) is 5.26 Å². The van der Waals surface area contributed by atoms with Crippen LogP contribution in [0.3, 0.4) is 0 Å². The van der Waals surface area contributed by atoms with Gasteiger partial charge in [0.15, 0.2) is 0 Å². The highest BCUT2D eigenvalue weighted by molar-refractivity contribution is 6.18. The van der Waals surface area contributed by atoms with Gasteiger partial charge in [0.1, 0.15) is 11.6 Å². The molecule has 5 heteroatoms. The van der Waals surface area contributed by atoms with E-state index in [0.717, 1.165) is 205 Å². The first-order valence-corrected chi connectivity index (χ1v) is 37.3. The zero-order valence-corrected chi connectivity index (χ0v) is 59.7. The molecular weight excluding hydrogens is 1320 g/mol. The summed E-state index contributed by atoms with van der Waals surface area (Å²) in [5, 5.41) is 22.3. The van der Waals surface area contributed by atoms with E-state index in [1.807, 2.05) is 0 Å². The molecule has 21 rings (SSSR count). The second-order valence-electron chi connectivity index (χ2n) is 28.6. The minimum atomic E-state index is 0.500. The van der Waals surface area contributed by atoms with Crippen molar-refractivity contribution in [1.29, 1.82) is 5.26 Å². The molecule has 0 aliphatic heterocycles. The molecule has 0 amide bonds. The number of hydrogen-bond acceptors (Lipinski definition) is 1. The monoisotopic (exact) mass is 1390 g/mol. The summed E-state index contributed by atoms with van der Waals surface area (Å²) in [6.07, 6.45) is 0. The van der Waals surface area contributed by atoms with Crippen molar-refractivity contribution >= 4 is 87.2 Å². The predicted molar refractivity (Wildman–Crippen MR) is 457 cm³/mol. The first-order chi connectivity index (χ1) is 54.0. The van der Waals surface area contributed by atoms with Crippen molar-refractivity contribution in [3.63, 3.8) is 0 Å². The number of hydrogen-bond donors (Lipinski definition) is 0. The van der Waals surface area contributed by atoms with E-state index >= 15 is 0 Å². The molecule has 0 N–H and O–H groups in total. The Labute approximate surface area is 630 Å². The number of nitrogens with zero attached hydrogens (tertiary/aromatic N) is 5. The molecule has 0 bridgehead atoms. The molecule has 4 heterocycles. The quantitative estimate of drug-likeness (QED) is 0.120. The van der Waals surface area contributed by atoms with E-state index in [4.69, 9.17) is 0 Å². The Morgan fingerprint density at radius 1 is 0.174 bits per heavy atom. The van der Waals surface area contributed by atoms with Crippen LogP contribution in [-0.4, -0.2) is 18.3 Å². The third-order valence-corrected chi connectivity index (χ3v) is 22.6. The molecule has 0 atom stereocenters. The van der Waals surface area contributed by atoms with Crippen LogP contribution in [0.15, 0.2) is 388 Å². The molecule has 0 aliphatic carbocycles. The number of benzene rings is 17. The molecule has 508 valence electrons. The largest absolute Gasteiger partial charge is 0.307 e. The van der Waals surface area contributed by atoms with Crippen LogP contribution in [-0.2, 0) is 0 Å². The summed E-state index contributed by atoms with van der Waals surface area (Å²) in [6, 6.07) is 145. The van der Waals surface area contributed by atoms with Gasteiger partial charge < -0.3 is 18.3 Å². The fourth-order valence-corrected chi connectivity index (χ4v) is 17.4. The van der Waals surface area contributed by atoms with Crippen LogP contribution in [0.25, 0.3) is 199 Å². The van der Waals surface area contributed by atoms with Crippen molar-refractivity contribution in [3.8, 4) is 118 Å². The second-order valence-corrected chi connectivity index (χ2v) is 28.6. The highest BCUT2D eigenvalue weighted by atomic mass is 15.1. The van der Waals surface area contributed by atoms with Gasteiger partial charge in [0.25, 0.3) is 0 Å². The molecule has 17 aromatic carbocycles. The molecular formula is C104H67N5. The first kappa shape index (κ1) is 63.0. The molecule has 0 aliphatic rings. The fraction of sp³-hybridized carbons (Fsp3) is 0.00962. The van der Waals surface area contributed by atoms with Crippen LogP contribution < -0.4 is 0 Å². The van der Waals surface area contributed by atoms with Crippen molar-refractivity contribution < 1.29 is 0 Å². The first-order valence-electron chi connectivity index (χ1n) is 37.3. The van der Waals surface area contributed by atoms with E-state index in [9.17, 15) is 5.26 Å². The Morgan fingerprint density at radius 2 is 0.321 bits per heavy atom. The molecule has 21 aromatic rings. The van der Waals surface area contributed by atoms with Gasteiger partial charge in [0.2, 0.25) is 0 Å². The molecule has 0 fully saturated rings. The van der Waals surface area contributed by atoms with Gasteiger partial charge in [0, 0.05) is 48.7 Å². The predicted octanol–water partition coefficient (Wildman–Crippen LogP) is 27.6. The lowest BCUT2D eigenvalue weighted by molar-refractivity contribution is 1.01. The van der Waals surface area contributed by atoms with Crippen molar-refractivity contribution in [3.05, 3.63) is 399 Å². The molecule has 0 saturated heterocycles. The van der Waals surface area contributed by atoms with Gasteiger partial charge in [-0.05, 0) is 193 Å². The van der Waals surface area contributed by atoms with Crippen LogP contribution in [0.5, 0.6) is 0 Å². The maximum absolute atomic E-state index is 13.7. The summed E-state index contributed by atoms with van der Waals surface area (Å²) in [4.78, 5) is 0. The van der Waals surface area contributed by atoms with Gasteiger partial charge in [0.05, 0.1) is 66.9 Å². The maximum Gasteiger partial charge on any atom is 0.104 e. The summed E-state index contributed by atoms with van der Waals surface area (Å²) in [7, 11) is 0. The van der Waals surface area contributed by atoms with E-state index in [2.05, 4.69) is 420 Å². The van der Waals surface area contributed by atoms with Gasteiger partial charge >= 0.3 is 0 Å². The molecule has 109 heavy (non-hydrogen) atoms. The van der Waals surface area contributed by atoms with E-state index in [-0.39, 0.29) is 0 Å². The Hall–Kier alpha value is -14.6. The average Bonchev–Trinajstić information content (AvgIpc) is 1.55. The van der Waals surface area contributed by atoms with Gasteiger partial charge in [-0.3, -0.25) is 0 Å². The average molecular weight is 1390 g/mol. The second kappa shape index (κ2) is 25.6. The highest BCUT2D eigenvalue weighted by Crippen LogP contribution is 2.51. The summed E-state index contributed by atoms with van der Waals surface area (Å²) in [5.74, 6) is 0. The number of nitriles is 1. The minimum Gasteiger partial charge on any atom is -0.307 e.